The number of hydrogen-bond donors (Lipinski definition) is 10. The number of nitrogen functional groups attached to an aromatic ring is 4. The Morgan fingerprint density at radius 3 is 1.54 bits per heavy atom. The second-order valence-electron chi connectivity index (χ2n) is 35.7. The Balaban J connectivity index is 0.847. The zero-order valence-corrected chi connectivity index (χ0v) is 79.7. The Kier molecular flexibility index (Phi) is 45.7. The number of urea groups is 1. The topological polar surface area (TPSA) is 520 Å². The third-order valence-corrected chi connectivity index (χ3v) is 25.3. The summed E-state index contributed by atoms with van der Waals surface area (Å²) < 4.78 is 34.9. The number of ether oxygens (including phenoxy) is 6. The molecule has 4 atom stereocenters. The van der Waals surface area contributed by atoms with E-state index in [9.17, 15) is 48.3 Å². The minimum Gasteiger partial charge on any atom is -0.466 e. The second kappa shape index (κ2) is 56.0. The third-order valence-electron chi connectivity index (χ3n) is 21.9. The molecular formula is C92H140N20O16Si2. The van der Waals surface area contributed by atoms with Crippen molar-refractivity contribution in [2.75, 3.05) is 151 Å². The maximum Gasteiger partial charge on any atom is 0.328 e. The van der Waals surface area contributed by atoms with Gasteiger partial charge < -0.3 is 98.2 Å². The number of nitrogens with one attached hydrogen (secondary N) is 4. The van der Waals surface area contributed by atoms with Crippen molar-refractivity contribution in [1.82, 2.24) is 60.7 Å². The molecular weight excluding hydrogens is 1700 g/mol. The first-order valence-corrected chi connectivity index (χ1v) is 52.8. The van der Waals surface area contributed by atoms with Gasteiger partial charge >= 0.3 is 18.0 Å². The van der Waals surface area contributed by atoms with Crippen molar-refractivity contribution >= 4 is 132 Å². The summed E-state index contributed by atoms with van der Waals surface area (Å²) in [5.74, 6) is -3.35. The zero-order chi connectivity index (χ0) is 94.6. The molecule has 4 heterocycles. The number of carbonyl (C=O) groups excluding carboxylic acids is 9. The summed E-state index contributed by atoms with van der Waals surface area (Å²) >= 11 is 0. The molecule has 0 aliphatic heterocycles. The number of nitrogens with two attached hydrogens (primary N) is 5. The Morgan fingerprint density at radius 2 is 1.00 bits per heavy atom. The van der Waals surface area contributed by atoms with Gasteiger partial charge in [0, 0.05) is 129 Å². The standard InChI is InChI=1S/C92H140N20O16Si2/c1-63(2)80(102-69-30-23-64(62-113)24-31-69)78(117)56-67(20-18-40-99-92(97)122)76(115)22-19-44-123-46-48-125-50-51-126-49-47-124-45-43-112(41-16-12-11-14-21-74(114)36-37-75(89(121)128-53-55-130(8,9)10)105-87(119)66-27-34-73(35-28-66)111(4)61-71-59-101-86-82(104-71)84(94)107-91(96)109-86)42-17-13-15-39-98-79(118)38-29-68(88(120)127-52-54-129(5,6)7)57-77(116)65-25-32-72(33-26-65)110(3)60-70-58-100-85-81(103-70)83(93)106-90(95)108-85/h23-28,30-35,58-59,63,67-68,75,80,102,113H,11-22,29,36-57,60-62H2,1-10H3,(H,98,118)(H,105,119)(H3,97,99,122)(H4,93,95,100,106,108)(H4,94,96,101,107,109)/t67-,68-,75+,80+/m1/s1. The fourth-order valence-corrected chi connectivity index (χ4v) is 15.6. The smallest absolute Gasteiger partial charge is 0.328 e. The van der Waals surface area contributed by atoms with E-state index in [1.807, 2.05) is 62.0 Å². The number of rotatable bonds is 66. The molecule has 0 fully saturated rings. The summed E-state index contributed by atoms with van der Waals surface area (Å²) in [6.45, 7) is 23.9. The first kappa shape index (κ1) is 106. The molecule has 4 amide bonds. The Morgan fingerprint density at radius 1 is 0.485 bits per heavy atom. The van der Waals surface area contributed by atoms with Crippen molar-refractivity contribution in [3.63, 3.8) is 0 Å². The van der Waals surface area contributed by atoms with Gasteiger partial charge in [-0.25, -0.2) is 29.5 Å². The number of nitrogens with zero attached hydrogens (tertiary/aromatic N) is 11. The average molecular weight is 1840 g/mol. The fraction of sp³-hybridized carbons (Fsp3) is 0.576. The van der Waals surface area contributed by atoms with E-state index in [2.05, 4.69) is 105 Å². The number of fused-ring (bicyclic) bond motifs is 2. The number of anilines is 7. The highest BCUT2D eigenvalue weighted by molar-refractivity contribution is 6.76. The number of primary amides is 1. The first-order valence-electron chi connectivity index (χ1n) is 45.4. The molecule has 0 unspecified atom stereocenters. The third kappa shape index (κ3) is 40.2. The largest absolute Gasteiger partial charge is 0.466 e. The molecule has 0 saturated carbocycles. The van der Waals surface area contributed by atoms with Crippen molar-refractivity contribution in [3.8, 4) is 0 Å². The predicted octanol–water partition coefficient (Wildman–Crippen LogP) is 10.2. The molecule has 7 aromatic rings. The van der Waals surface area contributed by atoms with Gasteiger partial charge in [-0.1, -0.05) is 84.5 Å². The Labute approximate surface area is 765 Å². The van der Waals surface area contributed by atoms with Crippen molar-refractivity contribution < 1.29 is 76.7 Å². The van der Waals surface area contributed by atoms with Gasteiger partial charge in [0.2, 0.25) is 17.8 Å². The molecule has 3 aromatic carbocycles. The molecule has 0 spiro atoms. The lowest BCUT2D eigenvalue weighted by Crippen LogP contribution is -2.42. The van der Waals surface area contributed by atoms with E-state index in [1.54, 1.807) is 60.9 Å². The quantitative estimate of drug-likeness (QED) is 0.00733. The van der Waals surface area contributed by atoms with Crippen LogP contribution in [0.1, 0.15) is 167 Å². The van der Waals surface area contributed by atoms with Crippen LogP contribution in [0.3, 0.4) is 0 Å². The van der Waals surface area contributed by atoms with Crippen LogP contribution in [-0.4, -0.2) is 244 Å². The van der Waals surface area contributed by atoms with E-state index < -0.39 is 63.9 Å². The minimum absolute atomic E-state index is 0.00212. The van der Waals surface area contributed by atoms with Crippen molar-refractivity contribution in [3.05, 3.63) is 113 Å². The molecule has 0 bridgehead atoms. The van der Waals surface area contributed by atoms with Gasteiger partial charge in [0.05, 0.1) is 115 Å². The molecule has 0 aliphatic rings. The van der Waals surface area contributed by atoms with E-state index in [0.717, 1.165) is 79.9 Å². The van der Waals surface area contributed by atoms with Crippen LogP contribution in [0, 0.1) is 17.8 Å². The van der Waals surface area contributed by atoms with Crippen molar-refractivity contribution in [2.24, 2.45) is 23.5 Å². The van der Waals surface area contributed by atoms with Crippen LogP contribution in [0.25, 0.3) is 22.3 Å². The van der Waals surface area contributed by atoms with Gasteiger partial charge in [0.1, 0.15) is 17.6 Å². The molecule has 4 aromatic heterocycles. The van der Waals surface area contributed by atoms with Gasteiger partial charge in [-0.05, 0) is 155 Å². The van der Waals surface area contributed by atoms with Gasteiger partial charge in [-0.2, -0.15) is 19.9 Å². The molecule has 36 nitrogen and oxygen atoms in total. The number of Topliss-reactive ketones (excluding diaryl/α,β-unsaturated/α-hetero) is 4. The normalized spacial score (nSPS) is 12.6. The van der Waals surface area contributed by atoms with E-state index >= 15 is 0 Å². The maximum atomic E-state index is 13.9. The molecule has 0 aliphatic carbocycles. The molecule has 38 heteroatoms. The summed E-state index contributed by atoms with van der Waals surface area (Å²) in [5.41, 5.74) is 35.1. The Bertz CT molecular complexity index is 4500. The highest BCUT2D eigenvalue weighted by Crippen LogP contribution is 2.27. The lowest BCUT2D eigenvalue weighted by Gasteiger charge is -2.25. The zero-order valence-electron chi connectivity index (χ0n) is 77.7. The highest BCUT2D eigenvalue weighted by Gasteiger charge is 2.31. The minimum atomic E-state index is -1.57. The van der Waals surface area contributed by atoms with Gasteiger partial charge in [-0.15, -0.1) is 0 Å². The van der Waals surface area contributed by atoms with Crippen LogP contribution in [0.15, 0.2) is 85.2 Å². The number of amides is 4. The SMILES string of the molecule is CC(C)[C@H](Nc1ccc(CO)cc1)C(=O)C[C@@H](CCCNC(N)=O)C(=O)CCCOCCOCCOCCOCCN(CCCCCCC(=O)CC[C@H](NC(=O)c1ccc(N(C)Cc2cnc3nc(N)nc(N)c3n2)cc1)C(=O)OCC[Si](C)(C)C)CCCCCNC(=O)CC[C@H](CC(=O)c1ccc(N(C)Cc2cnc3nc(N)nc(N)c3n2)cc1)C(=O)OCC[Si](C)(C)C. The summed E-state index contributed by atoms with van der Waals surface area (Å²) in [4.78, 5) is 161. The van der Waals surface area contributed by atoms with Gasteiger partial charge in [0.25, 0.3) is 5.91 Å². The number of aliphatic hydroxyl groups excluding tert-OH is 1. The molecule has 7 rings (SSSR count). The van der Waals surface area contributed by atoms with Crippen LogP contribution >= 0.6 is 0 Å². The number of carbonyl (C=O) groups is 9. The lowest BCUT2D eigenvalue weighted by molar-refractivity contribution is -0.148. The number of aliphatic hydroxyl groups is 1. The van der Waals surface area contributed by atoms with Crippen LogP contribution in [0.5, 0.6) is 0 Å². The first-order chi connectivity index (χ1) is 62.1. The number of ketones is 4. The van der Waals surface area contributed by atoms with Crippen LogP contribution in [0.4, 0.5) is 45.4 Å². The van der Waals surface area contributed by atoms with Crippen LogP contribution in [0.2, 0.25) is 51.4 Å². The van der Waals surface area contributed by atoms with E-state index in [4.69, 9.17) is 57.1 Å². The molecule has 0 saturated heterocycles. The summed E-state index contributed by atoms with van der Waals surface area (Å²) in [6, 6.07) is 20.4. The van der Waals surface area contributed by atoms with Crippen molar-refractivity contribution in [1.29, 1.82) is 0 Å². The monoisotopic (exact) mass is 1840 g/mol. The number of benzene rings is 3. The van der Waals surface area contributed by atoms with E-state index in [0.29, 0.717) is 157 Å². The Hall–Kier alpha value is -10.9. The fourth-order valence-electron chi connectivity index (χ4n) is 14.2. The van der Waals surface area contributed by atoms with E-state index in [-0.39, 0.29) is 135 Å². The predicted molar refractivity (Wildman–Crippen MR) is 509 cm³/mol. The summed E-state index contributed by atoms with van der Waals surface area (Å²) in [7, 11) is 0.616. The number of hydrogen-bond acceptors (Lipinski definition) is 32. The molecule has 15 N–H and O–H groups in total. The van der Waals surface area contributed by atoms with Crippen molar-refractivity contribution in [2.45, 2.75) is 213 Å². The second-order valence-corrected chi connectivity index (χ2v) is 46.9. The molecule has 0 radical (unpaired) electrons. The van der Waals surface area contributed by atoms with Crippen LogP contribution < -0.4 is 59.7 Å². The number of aromatic nitrogens is 8. The number of esters is 2. The number of unbranched alkanes of at least 4 members (excludes halogenated alkanes) is 5. The van der Waals surface area contributed by atoms with Gasteiger partial charge in [-0.3, -0.25) is 33.6 Å². The van der Waals surface area contributed by atoms with E-state index in [1.165, 1.54) is 0 Å². The molecule has 130 heavy (non-hydrogen) atoms. The van der Waals surface area contributed by atoms with Crippen LogP contribution in [-0.2, 0) is 76.9 Å². The highest BCUT2D eigenvalue weighted by atomic mass is 28.3. The summed E-state index contributed by atoms with van der Waals surface area (Å²) in [6.07, 6.45) is 10.9. The lowest BCUT2D eigenvalue weighted by atomic mass is 9.86. The molecule has 712 valence electrons. The van der Waals surface area contributed by atoms with Gasteiger partial charge in [0.15, 0.2) is 45.5 Å². The maximum absolute atomic E-state index is 13.9. The average Bonchev–Trinajstić information content (AvgIpc) is 0.776. The summed E-state index contributed by atoms with van der Waals surface area (Å²) in [5, 5.41) is 21.2.